The molecule has 0 aromatic heterocycles. The Labute approximate surface area is 135 Å². The highest BCUT2D eigenvalue weighted by molar-refractivity contribution is 5.96. The average molecular weight is 306 g/mol. The highest BCUT2D eigenvalue weighted by atomic mass is 16.5. The summed E-state index contributed by atoms with van der Waals surface area (Å²) in [6.07, 6.45) is 2.37. The first-order valence-corrected chi connectivity index (χ1v) is 8.09. The quantitative estimate of drug-likeness (QED) is 0.798. The van der Waals surface area contributed by atoms with E-state index >= 15 is 0 Å². The first-order valence-electron chi connectivity index (χ1n) is 8.09. The molecule has 116 valence electrons. The van der Waals surface area contributed by atoms with Crippen molar-refractivity contribution in [1.29, 1.82) is 0 Å². The van der Waals surface area contributed by atoms with Crippen molar-refractivity contribution in [2.75, 3.05) is 0 Å². The Hall–Kier alpha value is -2.42. The summed E-state index contributed by atoms with van der Waals surface area (Å²) in [5.74, 6) is -0.123. The zero-order valence-corrected chi connectivity index (χ0v) is 12.8. The number of ketones is 1. The fourth-order valence-electron chi connectivity index (χ4n) is 4.11. The van der Waals surface area contributed by atoms with E-state index in [2.05, 4.69) is 6.07 Å². The number of benzene rings is 2. The van der Waals surface area contributed by atoms with Gasteiger partial charge in [0.25, 0.3) is 0 Å². The van der Waals surface area contributed by atoms with Crippen LogP contribution in [0.4, 0.5) is 0 Å². The molecule has 0 amide bonds. The zero-order valence-electron chi connectivity index (χ0n) is 12.8. The molecular formula is C20H18O3. The van der Waals surface area contributed by atoms with Crippen molar-refractivity contribution in [3.8, 4) is 0 Å². The third-order valence-corrected chi connectivity index (χ3v) is 5.23. The van der Waals surface area contributed by atoms with Crippen LogP contribution in [0.25, 0.3) is 0 Å². The zero-order chi connectivity index (χ0) is 15.9. The number of hydrogen-bond acceptors (Lipinski definition) is 3. The fraction of sp³-hybridized carbons (Fsp3) is 0.300. The maximum atomic E-state index is 12.7. The van der Waals surface area contributed by atoms with Crippen LogP contribution in [0.15, 0.2) is 54.6 Å². The van der Waals surface area contributed by atoms with Crippen molar-refractivity contribution in [3.63, 3.8) is 0 Å². The second kappa shape index (κ2) is 5.34. The minimum absolute atomic E-state index is 0.216. The van der Waals surface area contributed by atoms with Gasteiger partial charge in [0.2, 0.25) is 0 Å². The van der Waals surface area contributed by atoms with Crippen LogP contribution in [0.5, 0.6) is 0 Å². The number of esters is 1. The number of carbonyl (C=O) groups is 2. The summed E-state index contributed by atoms with van der Waals surface area (Å²) in [6.45, 7) is 0. The Morgan fingerprint density at radius 3 is 2.57 bits per heavy atom. The SMILES string of the molecule is O=C(O[C@H]1CCC(=O)[C@@]12CCc1ccccc12)c1ccccc1. The van der Waals surface area contributed by atoms with E-state index in [1.165, 1.54) is 5.56 Å². The Bertz CT molecular complexity index is 765. The second-order valence-electron chi connectivity index (χ2n) is 6.35. The highest BCUT2D eigenvalue weighted by Gasteiger charge is 2.56. The minimum Gasteiger partial charge on any atom is -0.457 e. The van der Waals surface area contributed by atoms with Gasteiger partial charge in [0.1, 0.15) is 11.9 Å². The fourth-order valence-corrected chi connectivity index (χ4v) is 4.11. The van der Waals surface area contributed by atoms with Crippen molar-refractivity contribution in [2.45, 2.75) is 37.2 Å². The van der Waals surface area contributed by atoms with Crippen LogP contribution in [0.3, 0.4) is 0 Å². The molecule has 0 radical (unpaired) electrons. The smallest absolute Gasteiger partial charge is 0.338 e. The predicted molar refractivity (Wildman–Crippen MR) is 86.3 cm³/mol. The number of Topliss-reactive ketones (excluding diaryl/α,β-unsaturated/α-hetero) is 1. The van der Waals surface area contributed by atoms with Gasteiger partial charge in [-0.1, -0.05) is 42.5 Å². The summed E-state index contributed by atoms with van der Waals surface area (Å²) in [7, 11) is 0. The van der Waals surface area contributed by atoms with E-state index in [4.69, 9.17) is 4.74 Å². The van der Waals surface area contributed by atoms with Crippen molar-refractivity contribution < 1.29 is 14.3 Å². The number of ether oxygens (including phenoxy) is 1. The van der Waals surface area contributed by atoms with E-state index in [0.717, 1.165) is 18.4 Å². The Morgan fingerprint density at radius 2 is 1.74 bits per heavy atom. The van der Waals surface area contributed by atoms with E-state index in [1.807, 2.05) is 36.4 Å². The van der Waals surface area contributed by atoms with Gasteiger partial charge in [0, 0.05) is 6.42 Å². The van der Waals surface area contributed by atoms with Crippen LogP contribution in [0.1, 0.15) is 40.7 Å². The molecule has 2 aromatic rings. The van der Waals surface area contributed by atoms with Gasteiger partial charge in [-0.25, -0.2) is 4.79 Å². The number of aryl methyl sites for hydroxylation is 1. The molecule has 2 aliphatic carbocycles. The summed E-state index contributed by atoms with van der Waals surface area (Å²) < 4.78 is 5.80. The lowest BCUT2D eigenvalue weighted by molar-refractivity contribution is -0.124. The van der Waals surface area contributed by atoms with Crippen molar-refractivity contribution >= 4 is 11.8 Å². The molecule has 0 aliphatic heterocycles. The van der Waals surface area contributed by atoms with Crippen LogP contribution in [-0.2, 0) is 21.4 Å². The van der Waals surface area contributed by atoms with Crippen LogP contribution in [0.2, 0.25) is 0 Å². The van der Waals surface area contributed by atoms with Gasteiger partial charge in [-0.05, 0) is 42.5 Å². The van der Waals surface area contributed by atoms with E-state index in [-0.39, 0.29) is 17.9 Å². The lowest BCUT2D eigenvalue weighted by Gasteiger charge is -2.30. The standard InChI is InChI=1S/C20H18O3/c21-17-10-11-18(23-19(22)15-7-2-1-3-8-15)20(17)13-12-14-6-4-5-9-16(14)20/h1-9,18H,10-13H2/t18-,20-/m0/s1. The van der Waals surface area contributed by atoms with Crippen LogP contribution >= 0.6 is 0 Å². The first kappa shape index (κ1) is 14.2. The average Bonchev–Trinajstić information content (AvgIpc) is 3.13. The molecule has 3 heteroatoms. The summed E-state index contributed by atoms with van der Waals surface area (Å²) >= 11 is 0. The highest BCUT2D eigenvalue weighted by Crippen LogP contribution is 2.49. The van der Waals surface area contributed by atoms with Crippen LogP contribution in [0, 0.1) is 0 Å². The predicted octanol–water partition coefficient (Wildman–Crippen LogP) is 3.46. The van der Waals surface area contributed by atoms with Gasteiger partial charge >= 0.3 is 5.97 Å². The molecule has 1 fully saturated rings. The van der Waals surface area contributed by atoms with E-state index in [0.29, 0.717) is 18.4 Å². The molecular weight excluding hydrogens is 288 g/mol. The Kier molecular flexibility index (Phi) is 3.29. The molecule has 4 rings (SSSR count). The van der Waals surface area contributed by atoms with Crippen LogP contribution in [-0.4, -0.2) is 17.9 Å². The van der Waals surface area contributed by atoms with Gasteiger partial charge in [0.05, 0.1) is 11.0 Å². The normalized spacial score (nSPS) is 25.6. The number of carbonyl (C=O) groups excluding carboxylic acids is 2. The van der Waals surface area contributed by atoms with Gasteiger partial charge in [-0.3, -0.25) is 4.79 Å². The second-order valence-corrected chi connectivity index (χ2v) is 6.35. The maximum absolute atomic E-state index is 12.7. The lowest BCUT2D eigenvalue weighted by atomic mass is 9.77. The molecule has 23 heavy (non-hydrogen) atoms. The molecule has 1 saturated carbocycles. The number of fused-ring (bicyclic) bond motifs is 2. The molecule has 3 nitrogen and oxygen atoms in total. The molecule has 2 aromatic carbocycles. The number of hydrogen-bond donors (Lipinski definition) is 0. The van der Waals surface area contributed by atoms with Crippen LogP contribution < -0.4 is 0 Å². The number of rotatable bonds is 2. The van der Waals surface area contributed by atoms with Gasteiger partial charge in [0.15, 0.2) is 0 Å². The summed E-state index contributed by atoms with van der Waals surface area (Å²) in [6, 6.07) is 17.1. The topological polar surface area (TPSA) is 43.4 Å². The van der Waals surface area contributed by atoms with E-state index in [1.54, 1.807) is 12.1 Å². The van der Waals surface area contributed by atoms with E-state index < -0.39 is 5.41 Å². The minimum atomic E-state index is -0.624. The Morgan fingerprint density at radius 1 is 1.00 bits per heavy atom. The van der Waals surface area contributed by atoms with Crippen molar-refractivity contribution in [1.82, 2.24) is 0 Å². The summed E-state index contributed by atoms with van der Waals surface area (Å²) in [5.41, 5.74) is 2.19. The van der Waals surface area contributed by atoms with Gasteiger partial charge in [-0.15, -0.1) is 0 Å². The molecule has 0 bridgehead atoms. The molecule has 2 aliphatic rings. The molecule has 1 spiro atoms. The third-order valence-electron chi connectivity index (χ3n) is 5.23. The molecule has 0 unspecified atom stereocenters. The maximum Gasteiger partial charge on any atom is 0.338 e. The largest absolute Gasteiger partial charge is 0.457 e. The lowest BCUT2D eigenvalue weighted by Crippen LogP contribution is -2.41. The first-order chi connectivity index (χ1) is 11.2. The summed E-state index contributed by atoms with van der Waals surface area (Å²) in [5, 5.41) is 0. The van der Waals surface area contributed by atoms with Gasteiger partial charge < -0.3 is 4.74 Å². The monoisotopic (exact) mass is 306 g/mol. The van der Waals surface area contributed by atoms with Gasteiger partial charge in [-0.2, -0.15) is 0 Å². The van der Waals surface area contributed by atoms with Crippen molar-refractivity contribution in [2.24, 2.45) is 0 Å². The van der Waals surface area contributed by atoms with Crippen molar-refractivity contribution in [3.05, 3.63) is 71.3 Å². The Balaban J connectivity index is 1.67. The molecule has 0 heterocycles. The molecule has 2 atom stereocenters. The third kappa shape index (κ3) is 2.11. The molecule has 0 saturated heterocycles. The van der Waals surface area contributed by atoms with E-state index in [9.17, 15) is 9.59 Å². The molecule has 0 N–H and O–H groups in total. The summed E-state index contributed by atoms with van der Waals surface area (Å²) in [4.78, 5) is 25.1.